The van der Waals surface area contributed by atoms with E-state index in [0.717, 1.165) is 22.5 Å². The van der Waals surface area contributed by atoms with Gasteiger partial charge in [0.05, 0.1) is 11.9 Å². The van der Waals surface area contributed by atoms with Gasteiger partial charge in [-0.25, -0.2) is 9.50 Å². The Labute approximate surface area is 143 Å². The first-order valence-electron chi connectivity index (χ1n) is 7.42. The van der Waals surface area contributed by atoms with Crippen LogP contribution in [0, 0.1) is 0 Å². The van der Waals surface area contributed by atoms with Gasteiger partial charge in [-0.05, 0) is 24.3 Å². The summed E-state index contributed by atoms with van der Waals surface area (Å²) in [6.07, 6.45) is 5.28. The Hall–Kier alpha value is -2.92. The quantitative estimate of drug-likeness (QED) is 0.564. The maximum absolute atomic E-state index is 6.08. The molecule has 4 rings (SSSR count). The highest BCUT2D eigenvalue weighted by atomic mass is 35.5. The van der Waals surface area contributed by atoms with Gasteiger partial charge in [0.25, 0.3) is 0 Å². The monoisotopic (exact) mass is 336 g/mol. The first-order valence-corrected chi connectivity index (χ1v) is 7.80. The molecule has 0 aliphatic carbocycles. The van der Waals surface area contributed by atoms with E-state index >= 15 is 0 Å². The summed E-state index contributed by atoms with van der Waals surface area (Å²) >= 11 is 6.08. The molecule has 0 aliphatic heterocycles. The number of benzene rings is 1. The normalized spacial score (nSPS) is 10.9. The second-order valence-electron chi connectivity index (χ2n) is 5.25. The largest absolute Gasteiger partial charge is 0.472 e. The second kappa shape index (κ2) is 6.29. The molecular formula is C18H13ClN4O. The van der Waals surface area contributed by atoms with Crippen molar-refractivity contribution < 1.29 is 4.74 Å². The van der Waals surface area contributed by atoms with Crippen molar-refractivity contribution in [3.8, 4) is 17.1 Å². The van der Waals surface area contributed by atoms with E-state index in [9.17, 15) is 0 Å². The van der Waals surface area contributed by atoms with E-state index in [1.165, 1.54) is 0 Å². The number of aromatic nitrogens is 4. The maximum Gasteiger partial charge on any atom is 0.232 e. The average Bonchev–Trinajstić information content (AvgIpc) is 3.04. The third kappa shape index (κ3) is 2.94. The van der Waals surface area contributed by atoms with Gasteiger partial charge in [-0.3, -0.25) is 4.98 Å². The molecule has 3 heterocycles. The van der Waals surface area contributed by atoms with Crippen LogP contribution in [0.4, 0.5) is 0 Å². The smallest absolute Gasteiger partial charge is 0.232 e. The molecule has 0 fully saturated rings. The van der Waals surface area contributed by atoms with E-state index in [2.05, 4.69) is 15.1 Å². The van der Waals surface area contributed by atoms with Crippen LogP contribution >= 0.6 is 11.6 Å². The molecule has 24 heavy (non-hydrogen) atoms. The minimum atomic E-state index is 0.410. The zero-order valence-corrected chi connectivity index (χ0v) is 13.4. The molecule has 0 aliphatic rings. The fraction of sp³-hybridized carbons (Fsp3) is 0.0556. The van der Waals surface area contributed by atoms with Crippen molar-refractivity contribution in [3.05, 3.63) is 77.7 Å². The summed E-state index contributed by atoms with van der Waals surface area (Å²) in [5, 5.41) is 5.20. The van der Waals surface area contributed by atoms with Crippen molar-refractivity contribution in [1.82, 2.24) is 19.6 Å². The van der Waals surface area contributed by atoms with E-state index in [4.69, 9.17) is 16.3 Å². The van der Waals surface area contributed by atoms with E-state index in [-0.39, 0.29) is 0 Å². The third-order valence-electron chi connectivity index (χ3n) is 3.57. The molecule has 0 bridgehead atoms. The van der Waals surface area contributed by atoms with Gasteiger partial charge in [0.1, 0.15) is 6.61 Å². The van der Waals surface area contributed by atoms with E-state index in [0.29, 0.717) is 17.5 Å². The van der Waals surface area contributed by atoms with Crippen molar-refractivity contribution >= 4 is 17.2 Å². The molecule has 0 unspecified atom stereocenters. The van der Waals surface area contributed by atoms with Crippen LogP contribution in [0.1, 0.15) is 5.56 Å². The molecule has 0 saturated heterocycles. The van der Waals surface area contributed by atoms with Crippen molar-refractivity contribution in [2.45, 2.75) is 6.61 Å². The van der Waals surface area contributed by atoms with Crippen LogP contribution < -0.4 is 4.74 Å². The standard InChI is InChI=1S/C18H13ClN4O/c19-15-5-1-4-14(9-15)16-11-21-17-6-7-18(22-23(16)17)24-12-13-3-2-8-20-10-13/h1-11H,12H2. The lowest BCUT2D eigenvalue weighted by Crippen LogP contribution is -2.01. The van der Waals surface area contributed by atoms with Crippen LogP contribution in [0.25, 0.3) is 16.9 Å². The number of nitrogens with zero attached hydrogens (tertiary/aromatic N) is 4. The topological polar surface area (TPSA) is 52.3 Å². The average molecular weight is 337 g/mol. The maximum atomic E-state index is 6.08. The summed E-state index contributed by atoms with van der Waals surface area (Å²) in [5.74, 6) is 0.521. The molecule has 0 amide bonds. The number of fused-ring (bicyclic) bond motifs is 1. The molecule has 6 heteroatoms. The number of ether oxygens (including phenoxy) is 1. The van der Waals surface area contributed by atoms with E-state index < -0.39 is 0 Å². The Bertz CT molecular complexity index is 985. The van der Waals surface area contributed by atoms with Gasteiger partial charge in [0.15, 0.2) is 5.65 Å². The summed E-state index contributed by atoms with van der Waals surface area (Å²) in [7, 11) is 0. The molecule has 0 spiro atoms. The summed E-state index contributed by atoms with van der Waals surface area (Å²) < 4.78 is 7.51. The number of hydrogen-bond donors (Lipinski definition) is 0. The third-order valence-corrected chi connectivity index (χ3v) is 3.80. The number of imidazole rings is 1. The predicted molar refractivity (Wildman–Crippen MR) is 92.0 cm³/mol. The first-order chi connectivity index (χ1) is 11.8. The van der Waals surface area contributed by atoms with Crippen LogP contribution in [0.3, 0.4) is 0 Å². The zero-order valence-electron chi connectivity index (χ0n) is 12.6. The number of halogens is 1. The number of pyridine rings is 1. The molecule has 0 N–H and O–H groups in total. The molecule has 0 radical (unpaired) electrons. The highest BCUT2D eigenvalue weighted by Gasteiger charge is 2.09. The lowest BCUT2D eigenvalue weighted by molar-refractivity contribution is 0.289. The molecule has 1 aromatic carbocycles. The highest BCUT2D eigenvalue weighted by molar-refractivity contribution is 6.30. The highest BCUT2D eigenvalue weighted by Crippen LogP contribution is 2.24. The van der Waals surface area contributed by atoms with E-state index in [1.807, 2.05) is 42.5 Å². The van der Waals surface area contributed by atoms with Gasteiger partial charge in [-0.15, -0.1) is 5.10 Å². The molecule has 4 aromatic rings. The Balaban J connectivity index is 1.66. The minimum Gasteiger partial charge on any atom is -0.472 e. The molecular weight excluding hydrogens is 324 g/mol. The lowest BCUT2D eigenvalue weighted by Gasteiger charge is -2.07. The Kier molecular flexibility index (Phi) is 3.84. The molecule has 5 nitrogen and oxygen atoms in total. The SMILES string of the molecule is Clc1cccc(-c2cnc3ccc(OCc4cccnc4)nn23)c1. The van der Waals surface area contributed by atoms with Crippen molar-refractivity contribution in [3.63, 3.8) is 0 Å². The fourth-order valence-electron chi connectivity index (χ4n) is 2.42. The van der Waals surface area contributed by atoms with Crippen molar-refractivity contribution in [2.75, 3.05) is 0 Å². The Morgan fingerprint density at radius 2 is 2.00 bits per heavy atom. The van der Waals surface area contributed by atoms with Gasteiger partial charge >= 0.3 is 0 Å². The number of rotatable bonds is 4. The van der Waals surface area contributed by atoms with Gasteiger partial charge < -0.3 is 4.74 Å². The van der Waals surface area contributed by atoms with Gasteiger partial charge in [0, 0.05) is 34.6 Å². The summed E-state index contributed by atoms with van der Waals surface area (Å²) in [6, 6.07) is 15.1. The summed E-state index contributed by atoms with van der Waals surface area (Å²) in [4.78, 5) is 8.45. The van der Waals surface area contributed by atoms with Gasteiger partial charge in [0.2, 0.25) is 5.88 Å². The molecule has 118 valence electrons. The molecule has 3 aromatic heterocycles. The molecule has 0 saturated carbocycles. The minimum absolute atomic E-state index is 0.410. The Morgan fingerprint density at radius 1 is 1.04 bits per heavy atom. The van der Waals surface area contributed by atoms with Crippen LogP contribution in [-0.4, -0.2) is 19.6 Å². The number of hydrogen-bond acceptors (Lipinski definition) is 4. The van der Waals surface area contributed by atoms with Crippen molar-refractivity contribution in [1.29, 1.82) is 0 Å². The van der Waals surface area contributed by atoms with Gasteiger partial charge in [-0.1, -0.05) is 29.8 Å². The summed E-state index contributed by atoms with van der Waals surface area (Å²) in [6.45, 7) is 0.410. The second-order valence-corrected chi connectivity index (χ2v) is 5.68. The van der Waals surface area contributed by atoms with Crippen molar-refractivity contribution in [2.24, 2.45) is 0 Å². The molecule has 0 atom stereocenters. The fourth-order valence-corrected chi connectivity index (χ4v) is 2.61. The van der Waals surface area contributed by atoms with Crippen LogP contribution in [-0.2, 0) is 6.61 Å². The van der Waals surface area contributed by atoms with Crippen LogP contribution in [0.5, 0.6) is 5.88 Å². The van der Waals surface area contributed by atoms with E-state index in [1.54, 1.807) is 29.2 Å². The van der Waals surface area contributed by atoms with Crippen LogP contribution in [0.2, 0.25) is 5.02 Å². The van der Waals surface area contributed by atoms with Gasteiger partial charge in [-0.2, -0.15) is 0 Å². The Morgan fingerprint density at radius 3 is 2.83 bits per heavy atom. The predicted octanol–water partition coefficient (Wildman–Crippen LogP) is 4.02. The summed E-state index contributed by atoms with van der Waals surface area (Å²) in [5.41, 5.74) is 3.55. The lowest BCUT2D eigenvalue weighted by atomic mass is 10.2. The first kappa shape index (κ1) is 14.7. The zero-order chi connectivity index (χ0) is 16.4. The van der Waals surface area contributed by atoms with Crippen LogP contribution in [0.15, 0.2) is 67.1 Å².